The Labute approximate surface area is 181 Å². The standard InChI is InChI=1S/C20H18N2O7S2/c1-31(26,27)8-13(11-4-5-14-15(6-11)29-9-28-14)22-19(24)12-7-30-18(16(12)20(22)25)21-17(23)10-2-3-10/h4-7,10,13H,2-3,8-9H2,1H3,(H,21,23)/t13-/m0/s1. The lowest BCUT2D eigenvalue weighted by atomic mass is 10.1. The highest BCUT2D eigenvalue weighted by Gasteiger charge is 2.45. The fourth-order valence-electron chi connectivity index (χ4n) is 3.73. The zero-order valence-electron chi connectivity index (χ0n) is 16.4. The summed E-state index contributed by atoms with van der Waals surface area (Å²) >= 11 is 1.12. The molecule has 162 valence electrons. The molecule has 0 unspecified atom stereocenters. The molecule has 0 spiro atoms. The van der Waals surface area contributed by atoms with Gasteiger partial charge >= 0.3 is 0 Å². The van der Waals surface area contributed by atoms with E-state index >= 15 is 0 Å². The third-order valence-electron chi connectivity index (χ3n) is 5.41. The van der Waals surface area contributed by atoms with Crippen molar-refractivity contribution in [2.45, 2.75) is 18.9 Å². The van der Waals surface area contributed by atoms with Gasteiger partial charge in [0.05, 0.1) is 22.9 Å². The molecule has 2 aliphatic heterocycles. The molecule has 3 heterocycles. The normalized spacial score (nSPS) is 18.3. The second-order valence-corrected chi connectivity index (χ2v) is 10.9. The molecule has 31 heavy (non-hydrogen) atoms. The summed E-state index contributed by atoms with van der Waals surface area (Å²) in [6.07, 6.45) is 2.66. The van der Waals surface area contributed by atoms with Crippen LogP contribution in [-0.2, 0) is 14.6 Å². The van der Waals surface area contributed by atoms with Gasteiger partial charge in [0.25, 0.3) is 11.8 Å². The first-order valence-corrected chi connectivity index (χ1v) is 12.5. The number of amides is 3. The molecule has 5 rings (SSSR count). The molecule has 11 heteroatoms. The molecule has 2 aromatic rings. The van der Waals surface area contributed by atoms with Gasteiger partial charge in [0, 0.05) is 17.6 Å². The van der Waals surface area contributed by atoms with Gasteiger partial charge in [-0.2, -0.15) is 0 Å². The fourth-order valence-corrected chi connectivity index (χ4v) is 5.58. The Morgan fingerprint density at radius 3 is 2.68 bits per heavy atom. The molecule has 0 bridgehead atoms. The van der Waals surface area contributed by atoms with Crippen LogP contribution in [-0.4, -0.2) is 49.8 Å². The van der Waals surface area contributed by atoms with Crippen LogP contribution in [0.1, 0.15) is 45.2 Å². The van der Waals surface area contributed by atoms with Crippen LogP contribution in [0.15, 0.2) is 23.6 Å². The van der Waals surface area contributed by atoms with Gasteiger partial charge in [0.2, 0.25) is 12.7 Å². The minimum Gasteiger partial charge on any atom is -0.454 e. The van der Waals surface area contributed by atoms with Crippen molar-refractivity contribution in [2.75, 3.05) is 24.1 Å². The largest absolute Gasteiger partial charge is 0.454 e. The number of carbonyl (C=O) groups excluding carboxylic acids is 3. The molecule has 0 saturated heterocycles. The summed E-state index contributed by atoms with van der Waals surface area (Å²) in [5, 5.41) is 4.58. The van der Waals surface area contributed by atoms with Gasteiger partial charge in [-0.3, -0.25) is 19.3 Å². The van der Waals surface area contributed by atoms with Crippen LogP contribution in [0.3, 0.4) is 0 Å². The van der Waals surface area contributed by atoms with Crippen LogP contribution in [0.4, 0.5) is 5.00 Å². The second kappa shape index (κ2) is 7.06. The number of hydrogen-bond donors (Lipinski definition) is 1. The van der Waals surface area contributed by atoms with E-state index in [1.165, 1.54) is 5.38 Å². The van der Waals surface area contributed by atoms with E-state index in [2.05, 4.69) is 5.32 Å². The van der Waals surface area contributed by atoms with Crippen molar-refractivity contribution in [3.63, 3.8) is 0 Å². The van der Waals surface area contributed by atoms with Gasteiger partial charge in [0.15, 0.2) is 11.5 Å². The number of sulfone groups is 1. The number of ether oxygens (including phenoxy) is 2. The minimum absolute atomic E-state index is 0.0398. The molecule has 3 amide bonds. The van der Waals surface area contributed by atoms with E-state index in [4.69, 9.17) is 9.47 Å². The van der Waals surface area contributed by atoms with E-state index in [1.54, 1.807) is 18.2 Å². The second-order valence-electron chi connectivity index (χ2n) is 7.82. The summed E-state index contributed by atoms with van der Waals surface area (Å²) in [6, 6.07) is 3.77. The maximum absolute atomic E-state index is 13.3. The van der Waals surface area contributed by atoms with Gasteiger partial charge in [-0.1, -0.05) is 6.07 Å². The predicted octanol–water partition coefficient (Wildman–Crippen LogP) is 2.21. The Bertz CT molecular complexity index is 1230. The van der Waals surface area contributed by atoms with E-state index in [9.17, 15) is 22.8 Å². The van der Waals surface area contributed by atoms with Crippen LogP contribution >= 0.6 is 11.3 Å². The molecule has 1 fully saturated rings. The molecular formula is C20H18N2O7S2. The number of anilines is 1. The average Bonchev–Trinajstić information content (AvgIpc) is 3.23. The number of imide groups is 1. The molecule has 1 aromatic carbocycles. The van der Waals surface area contributed by atoms with E-state index in [1.807, 2.05) is 0 Å². The van der Waals surface area contributed by atoms with Crippen molar-refractivity contribution < 1.29 is 32.3 Å². The van der Waals surface area contributed by atoms with Gasteiger partial charge in [-0.05, 0) is 30.5 Å². The van der Waals surface area contributed by atoms with E-state index < -0.39 is 33.4 Å². The number of carbonyl (C=O) groups is 3. The first kappa shape index (κ1) is 20.0. The SMILES string of the molecule is CS(=O)(=O)C[C@@H](c1ccc2c(c1)OCO2)N1C(=O)c2csc(NC(=O)C3CC3)c2C1=O. The Morgan fingerprint density at radius 1 is 1.23 bits per heavy atom. The summed E-state index contributed by atoms with van der Waals surface area (Å²) in [6.45, 7) is 0.0398. The van der Waals surface area contributed by atoms with Gasteiger partial charge in [-0.25, -0.2) is 8.42 Å². The lowest BCUT2D eigenvalue weighted by molar-refractivity contribution is -0.117. The van der Waals surface area contributed by atoms with Crippen molar-refractivity contribution in [3.05, 3.63) is 40.3 Å². The number of rotatable bonds is 6. The first-order valence-electron chi connectivity index (χ1n) is 9.60. The molecule has 1 N–H and O–H groups in total. The zero-order valence-corrected chi connectivity index (χ0v) is 18.0. The lowest BCUT2D eigenvalue weighted by Gasteiger charge is -2.26. The maximum Gasteiger partial charge on any atom is 0.265 e. The number of thiophene rings is 1. The van der Waals surface area contributed by atoms with E-state index in [-0.39, 0.29) is 29.7 Å². The van der Waals surface area contributed by atoms with Gasteiger partial charge < -0.3 is 14.8 Å². The topological polar surface area (TPSA) is 119 Å². The van der Waals surface area contributed by atoms with E-state index in [0.717, 1.165) is 35.3 Å². The number of hydrogen-bond acceptors (Lipinski definition) is 8. The van der Waals surface area contributed by atoms with Crippen LogP contribution in [0, 0.1) is 5.92 Å². The van der Waals surface area contributed by atoms with Gasteiger partial charge in [-0.15, -0.1) is 11.3 Å². The van der Waals surface area contributed by atoms with Crippen molar-refractivity contribution in [3.8, 4) is 11.5 Å². The maximum atomic E-state index is 13.3. The first-order chi connectivity index (χ1) is 14.7. The molecule has 3 aliphatic rings. The van der Waals surface area contributed by atoms with Crippen LogP contribution in [0.5, 0.6) is 11.5 Å². The molecule has 1 aromatic heterocycles. The summed E-state index contributed by atoms with van der Waals surface area (Å²) < 4.78 is 35.0. The predicted molar refractivity (Wildman–Crippen MR) is 111 cm³/mol. The Balaban J connectivity index is 1.52. The summed E-state index contributed by atoms with van der Waals surface area (Å²) in [4.78, 5) is 39.6. The molecular weight excluding hydrogens is 444 g/mol. The van der Waals surface area contributed by atoms with Crippen LogP contribution in [0.2, 0.25) is 0 Å². The summed E-state index contributed by atoms with van der Waals surface area (Å²) in [5.74, 6) is -0.972. The summed E-state index contributed by atoms with van der Waals surface area (Å²) in [5.41, 5.74) is 0.720. The fraction of sp³-hybridized carbons (Fsp3) is 0.350. The third-order valence-corrected chi connectivity index (χ3v) is 7.23. The molecule has 1 saturated carbocycles. The highest BCUT2D eigenvalue weighted by molar-refractivity contribution is 7.90. The third kappa shape index (κ3) is 3.57. The average molecular weight is 463 g/mol. The number of nitrogens with zero attached hydrogens (tertiary/aromatic N) is 1. The Kier molecular flexibility index (Phi) is 4.56. The van der Waals surface area contributed by atoms with Crippen molar-refractivity contribution in [2.24, 2.45) is 5.92 Å². The van der Waals surface area contributed by atoms with Crippen LogP contribution in [0.25, 0.3) is 0 Å². The molecule has 1 atom stereocenters. The smallest absolute Gasteiger partial charge is 0.265 e. The number of benzene rings is 1. The zero-order chi connectivity index (χ0) is 21.9. The monoisotopic (exact) mass is 462 g/mol. The highest BCUT2D eigenvalue weighted by Crippen LogP contribution is 2.42. The van der Waals surface area contributed by atoms with Crippen molar-refractivity contribution in [1.82, 2.24) is 4.90 Å². The number of fused-ring (bicyclic) bond motifs is 2. The molecule has 9 nitrogen and oxygen atoms in total. The number of nitrogens with one attached hydrogen (secondary N) is 1. The van der Waals surface area contributed by atoms with E-state index in [0.29, 0.717) is 22.1 Å². The highest BCUT2D eigenvalue weighted by atomic mass is 32.2. The Morgan fingerprint density at radius 2 is 1.97 bits per heavy atom. The Hall–Kier alpha value is -2.92. The quantitative estimate of drug-likeness (QED) is 0.654. The molecule has 1 aliphatic carbocycles. The van der Waals surface area contributed by atoms with Gasteiger partial charge in [0.1, 0.15) is 14.8 Å². The van der Waals surface area contributed by atoms with Crippen molar-refractivity contribution in [1.29, 1.82) is 0 Å². The summed E-state index contributed by atoms with van der Waals surface area (Å²) in [7, 11) is -3.56. The van der Waals surface area contributed by atoms with Crippen molar-refractivity contribution >= 4 is 43.9 Å². The lowest BCUT2D eigenvalue weighted by Crippen LogP contribution is -2.38. The minimum atomic E-state index is -3.56. The van der Waals surface area contributed by atoms with Crippen LogP contribution < -0.4 is 14.8 Å². The molecule has 0 radical (unpaired) electrons.